The summed E-state index contributed by atoms with van der Waals surface area (Å²) in [6, 6.07) is 16.2. The lowest BCUT2D eigenvalue weighted by molar-refractivity contribution is -0.131. The van der Waals surface area contributed by atoms with Crippen LogP contribution < -0.4 is 30.6 Å². The Hall–Kier alpha value is -4.70. The van der Waals surface area contributed by atoms with E-state index in [1.165, 1.54) is 24.3 Å². The van der Waals surface area contributed by atoms with Crippen LogP contribution in [0, 0.1) is 11.2 Å². The molecule has 1 heterocycles. The molecule has 9 nitrogen and oxygen atoms in total. The van der Waals surface area contributed by atoms with Crippen LogP contribution in [0.3, 0.4) is 0 Å². The highest BCUT2D eigenvalue weighted by atomic mass is 19.1. The second-order valence-electron chi connectivity index (χ2n) is 9.74. The van der Waals surface area contributed by atoms with Crippen LogP contribution in [0.4, 0.5) is 15.8 Å². The second kappa shape index (κ2) is 11.8. The largest absolute Gasteiger partial charge is 0.493 e. The number of hydrogen-bond donors (Lipinski definition) is 3. The Morgan fingerprint density at radius 3 is 2.29 bits per heavy atom. The lowest BCUT2D eigenvalue weighted by Gasteiger charge is -2.17. The molecule has 1 saturated carbocycles. The van der Waals surface area contributed by atoms with Gasteiger partial charge in [0.1, 0.15) is 29.3 Å². The number of carbonyl (C=O) groups excluding carboxylic acids is 2. The van der Waals surface area contributed by atoms with Crippen LogP contribution in [0.1, 0.15) is 25.3 Å². The first-order valence-electron chi connectivity index (χ1n) is 13.4. The topological polar surface area (TPSA) is 125 Å². The number of benzene rings is 3. The Balaban J connectivity index is 1.33. The molecule has 1 aromatic heterocycles. The highest BCUT2D eigenvalue weighted by Gasteiger charge is 2.56. The SMILES string of the molecule is CCc1cc(NC(=O)C2(C(=O)Nc3ccc(F)cc3)CC2)ccc1Oc1ccnc2cc(OCCN)c(OC)cc12. The predicted molar refractivity (Wildman–Crippen MR) is 154 cm³/mol. The summed E-state index contributed by atoms with van der Waals surface area (Å²) in [5.74, 6) is 1.09. The lowest BCUT2D eigenvalue weighted by atomic mass is 10.0. The van der Waals surface area contributed by atoms with E-state index < -0.39 is 17.1 Å². The first kappa shape index (κ1) is 27.9. The van der Waals surface area contributed by atoms with Gasteiger partial charge >= 0.3 is 0 Å². The number of rotatable bonds is 11. The molecule has 0 aliphatic heterocycles. The Morgan fingerprint density at radius 2 is 1.63 bits per heavy atom. The van der Waals surface area contributed by atoms with Gasteiger partial charge in [-0.3, -0.25) is 14.6 Å². The average molecular weight is 559 g/mol. The third kappa shape index (κ3) is 5.92. The maximum Gasteiger partial charge on any atom is 0.240 e. The summed E-state index contributed by atoms with van der Waals surface area (Å²) >= 11 is 0. The van der Waals surface area contributed by atoms with Crippen LogP contribution in [-0.2, 0) is 16.0 Å². The maximum absolute atomic E-state index is 13.2. The van der Waals surface area contributed by atoms with Gasteiger partial charge in [-0.25, -0.2) is 4.39 Å². The molecule has 4 N–H and O–H groups in total. The van der Waals surface area contributed by atoms with Gasteiger partial charge in [0.15, 0.2) is 11.5 Å². The van der Waals surface area contributed by atoms with Gasteiger partial charge in [0, 0.05) is 35.6 Å². The summed E-state index contributed by atoms with van der Waals surface area (Å²) in [4.78, 5) is 30.5. The van der Waals surface area contributed by atoms with Crippen molar-refractivity contribution < 1.29 is 28.2 Å². The first-order valence-corrected chi connectivity index (χ1v) is 13.4. The van der Waals surface area contributed by atoms with Crippen molar-refractivity contribution >= 4 is 34.1 Å². The van der Waals surface area contributed by atoms with E-state index in [2.05, 4.69) is 15.6 Å². The molecule has 3 aromatic carbocycles. The summed E-state index contributed by atoms with van der Waals surface area (Å²) in [5.41, 5.74) is 6.95. The monoisotopic (exact) mass is 558 g/mol. The molecular formula is C31H31FN4O5. The molecule has 0 bridgehead atoms. The zero-order chi connectivity index (χ0) is 29.0. The van der Waals surface area contributed by atoms with Crippen molar-refractivity contribution in [2.45, 2.75) is 26.2 Å². The minimum Gasteiger partial charge on any atom is -0.493 e. The fourth-order valence-electron chi connectivity index (χ4n) is 4.53. The van der Waals surface area contributed by atoms with E-state index in [1.54, 1.807) is 37.6 Å². The van der Waals surface area contributed by atoms with Crippen LogP contribution in [0.25, 0.3) is 10.9 Å². The number of amides is 2. The summed E-state index contributed by atoms with van der Waals surface area (Å²) in [6.45, 7) is 2.71. The van der Waals surface area contributed by atoms with Gasteiger partial charge < -0.3 is 30.6 Å². The molecule has 212 valence electrons. The highest BCUT2D eigenvalue weighted by molar-refractivity contribution is 6.16. The zero-order valence-electron chi connectivity index (χ0n) is 22.8. The predicted octanol–water partition coefficient (Wildman–Crippen LogP) is 5.43. The van der Waals surface area contributed by atoms with Crippen LogP contribution in [0.15, 0.2) is 66.9 Å². The molecule has 4 aromatic rings. The normalized spacial score (nSPS) is 13.4. The quantitative estimate of drug-likeness (QED) is 0.210. The zero-order valence-corrected chi connectivity index (χ0v) is 22.8. The van der Waals surface area contributed by atoms with E-state index in [1.807, 2.05) is 19.1 Å². The molecule has 1 fully saturated rings. The summed E-state index contributed by atoms with van der Waals surface area (Å²) in [7, 11) is 1.56. The summed E-state index contributed by atoms with van der Waals surface area (Å²) in [6.07, 6.45) is 3.16. The number of nitrogens with zero attached hydrogens (tertiary/aromatic N) is 1. The molecule has 10 heteroatoms. The summed E-state index contributed by atoms with van der Waals surface area (Å²) < 4.78 is 30.7. The van der Waals surface area contributed by atoms with Crippen LogP contribution >= 0.6 is 0 Å². The van der Waals surface area contributed by atoms with E-state index >= 15 is 0 Å². The maximum atomic E-state index is 13.2. The number of aryl methyl sites for hydroxylation is 1. The molecule has 5 rings (SSSR count). The second-order valence-corrected chi connectivity index (χ2v) is 9.74. The van der Waals surface area contributed by atoms with Gasteiger partial charge in [-0.2, -0.15) is 0 Å². The Labute approximate surface area is 236 Å². The van der Waals surface area contributed by atoms with Crippen molar-refractivity contribution in [1.82, 2.24) is 4.98 Å². The number of nitrogens with two attached hydrogens (primary N) is 1. The smallest absolute Gasteiger partial charge is 0.240 e. The van der Waals surface area contributed by atoms with E-state index in [9.17, 15) is 14.0 Å². The number of anilines is 2. The molecular weight excluding hydrogens is 527 g/mol. The standard InChI is InChI=1S/C31H31FN4O5/c1-3-19-16-22(36-30(38)31(11-12-31)29(37)35-21-6-4-20(32)5-7-21)8-9-25(19)41-26-10-14-34-24-18-28(40-15-13-33)27(39-2)17-23(24)26/h4-10,14,16-18H,3,11-13,15,33H2,1-2H3,(H,35,37)(H,36,38). The van der Waals surface area contributed by atoms with Crippen molar-refractivity contribution in [1.29, 1.82) is 0 Å². The molecule has 1 aliphatic rings. The first-order chi connectivity index (χ1) is 19.9. The van der Waals surface area contributed by atoms with Gasteiger partial charge in [-0.15, -0.1) is 0 Å². The number of aromatic nitrogens is 1. The van der Waals surface area contributed by atoms with Crippen molar-refractivity contribution in [2.24, 2.45) is 11.1 Å². The number of carbonyl (C=O) groups is 2. The van der Waals surface area contributed by atoms with E-state index in [-0.39, 0.29) is 5.91 Å². The fraction of sp³-hybridized carbons (Fsp3) is 0.258. The van der Waals surface area contributed by atoms with Gasteiger partial charge in [-0.05, 0) is 79.4 Å². The number of pyridine rings is 1. The molecule has 0 atom stereocenters. The summed E-state index contributed by atoms with van der Waals surface area (Å²) in [5, 5.41) is 6.35. The highest BCUT2D eigenvalue weighted by Crippen LogP contribution is 2.48. The molecule has 41 heavy (non-hydrogen) atoms. The molecule has 0 radical (unpaired) electrons. The van der Waals surface area contributed by atoms with Gasteiger partial charge in [-0.1, -0.05) is 6.92 Å². The number of halogens is 1. The minimum atomic E-state index is -1.16. The van der Waals surface area contributed by atoms with Crippen molar-refractivity contribution in [2.75, 3.05) is 30.9 Å². The van der Waals surface area contributed by atoms with Gasteiger partial charge in [0.2, 0.25) is 11.8 Å². The number of ether oxygens (including phenoxy) is 3. The third-order valence-electron chi connectivity index (χ3n) is 7.00. The minimum absolute atomic E-state index is 0.348. The van der Waals surface area contributed by atoms with Crippen molar-refractivity contribution in [3.63, 3.8) is 0 Å². The molecule has 2 amide bonds. The van der Waals surface area contributed by atoms with Crippen molar-refractivity contribution in [3.8, 4) is 23.0 Å². The Bertz CT molecular complexity index is 1590. The van der Waals surface area contributed by atoms with Crippen LogP contribution in [0.5, 0.6) is 23.0 Å². The fourth-order valence-corrected chi connectivity index (χ4v) is 4.53. The third-order valence-corrected chi connectivity index (χ3v) is 7.00. The lowest BCUT2D eigenvalue weighted by Crippen LogP contribution is -2.35. The van der Waals surface area contributed by atoms with Gasteiger partial charge in [0.25, 0.3) is 0 Å². The number of hydrogen-bond acceptors (Lipinski definition) is 7. The van der Waals surface area contributed by atoms with E-state index in [4.69, 9.17) is 19.9 Å². The van der Waals surface area contributed by atoms with E-state index in [0.717, 1.165) is 10.9 Å². The molecule has 0 spiro atoms. The average Bonchev–Trinajstić information content (AvgIpc) is 3.80. The Morgan fingerprint density at radius 1 is 0.927 bits per heavy atom. The van der Waals surface area contributed by atoms with Crippen LogP contribution in [-0.4, -0.2) is 37.1 Å². The van der Waals surface area contributed by atoms with Crippen molar-refractivity contribution in [3.05, 3.63) is 78.2 Å². The van der Waals surface area contributed by atoms with Gasteiger partial charge in [0.05, 0.1) is 12.6 Å². The molecule has 1 aliphatic carbocycles. The van der Waals surface area contributed by atoms with Crippen LogP contribution in [0.2, 0.25) is 0 Å². The number of nitrogens with one attached hydrogen (secondary N) is 2. The molecule has 0 saturated heterocycles. The Kier molecular flexibility index (Phi) is 8.02. The number of methoxy groups -OCH3 is 1. The van der Waals surface area contributed by atoms with E-state index in [0.29, 0.717) is 72.3 Å². The number of fused-ring (bicyclic) bond motifs is 1. The molecule has 0 unspecified atom stereocenters.